The van der Waals surface area contributed by atoms with Crippen LogP contribution in [-0.2, 0) is 9.53 Å². The number of carbonyl (C=O) groups is 1. The van der Waals surface area contributed by atoms with E-state index in [1.165, 1.54) is 32.1 Å². The predicted octanol–water partition coefficient (Wildman–Crippen LogP) is 2.17. The zero-order chi connectivity index (χ0) is 14.4. The molecular formula is C16H30N2O2. The van der Waals surface area contributed by atoms with Gasteiger partial charge in [-0.2, -0.15) is 0 Å². The van der Waals surface area contributed by atoms with Crippen molar-refractivity contribution < 1.29 is 9.53 Å². The second-order valence-electron chi connectivity index (χ2n) is 6.65. The van der Waals surface area contributed by atoms with Crippen molar-refractivity contribution in [3.8, 4) is 0 Å². The van der Waals surface area contributed by atoms with Gasteiger partial charge in [0.2, 0.25) is 5.91 Å². The van der Waals surface area contributed by atoms with Gasteiger partial charge in [-0.1, -0.05) is 32.1 Å². The molecule has 2 fully saturated rings. The molecule has 0 bridgehead atoms. The van der Waals surface area contributed by atoms with Crippen LogP contribution in [0.5, 0.6) is 0 Å². The van der Waals surface area contributed by atoms with Gasteiger partial charge in [0.15, 0.2) is 0 Å². The van der Waals surface area contributed by atoms with Gasteiger partial charge < -0.3 is 15.4 Å². The van der Waals surface area contributed by atoms with E-state index >= 15 is 0 Å². The lowest BCUT2D eigenvalue weighted by Crippen LogP contribution is -2.45. The molecule has 4 nitrogen and oxygen atoms in total. The van der Waals surface area contributed by atoms with E-state index in [0.717, 1.165) is 39.0 Å². The van der Waals surface area contributed by atoms with Crippen molar-refractivity contribution in [3.05, 3.63) is 0 Å². The summed E-state index contributed by atoms with van der Waals surface area (Å²) in [6.07, 6.45) is 9.60. The van der Waals surface area contributed by atoms with Crippen LogP contribution in [0.1, 0.15) is 51.4 Å². The molecule has 1 aliphatic carbocycles. The van der Waals surface area contributed by atoms with Crippen molar-refractivity contribution in [1.29, 1.82) is 0 Å². The molecule has 0 aromatic rings. The molecule has 0 radical (unpaired) electrons. The molecule has 0 aromatic heterocycles. The highest BCUT2D eigenvalue weighted by Crippen LogP contribution is 2.27. The van der Waals surface area contributed by atoms with Crippen LogP contribution in [0.3, 0.4) is 0 Å². The number of likely N-dealkylation sites (N-methyl/N-ethyl adjacent to an activating group) is 1. The van der Waals surface area contributed by atoms with E-state index in [9.17, 15) is 4.79 Å². The molecule has 0 aromatic carbocycles. The molecule has 2 N–H and O–H groups in total. The lowest BCUT2D eigenvalue weighted by Gasteiger charge is -2.30. The monoisotopic (exact) mass is 282 g/mol. The molecule has 4 heteroatoms. The Labute approximate surface area is 123 Å². The molecule has 2 unspecified atom stereocenters. The first-order chi connectivity index (χ1) is 9.66. The number of nitrogens with two attached hydrogens (primary N) is 1. The zero-order valence-corrected chi connectivity index (χ0v) is 12.9. The minimum atomic E-state index is -0.312. The van der Waals surface area contributed by atoms with Gasteiger partial charge in [-0.25, -0.2) is 0 Å². The SMILES string of the molecule is CN(CC1CCCOC1)C(=O)C(N)CC1CCCCC1. The van der Waals surface area contributed by atoms with Crippen molar-refractivity contribution >= 4 is 5.91 Å². The highest BCUT2D eigenvalue weighted by Gasteiger charge is 2.25. The van der Waals surface area contributed by atoms with Crippen LogP contribution in [0.25, 0.3) is 0 Å². The van der Waals surface area contributed by atoms with E-state index in [4.69, 9.17) is 10.5 Å². The molecule has 1 heterocycles. The third kappa shape index (κ3) is 4.74. The smallest absolute Gasteiger partial charge is 0.239 e. The molecule has 1 saturated heterocycles. The maximum Gasteiger partial charge on any atom is 0.239 e. The average Bonchev–Trinajstić information content (AvgIpc) is 2.48. The van der Waals surface area contributed by atoms with Gasteiger partial charge in [0.1, 0.15) is 0 Å². The molecular weight excluding hydrogens is 252 g/mol. The Balaban J connectivity index is 1.73. The molecule has 20 heavy (non-hydrogen) atoms. The number of carbonyl (C=O) groups excluding carboxylic acids is 1. The second kappa shape index (κ2) is 7.99. The maximum absolute atomic E-state index is 12.4. The summed E-state index contributed by atoms with van der Waals surface area (Å²) in [6.45, 7) is 2.45. The largest absolute Gasteiger partial charge is 0.381 e. The normalized spacial score (nSPS) is 26.2. The molecule has 1 amide bonds. The Morgan fingerprint density at radius 1 is 1.20 bits per heavy atom. The molecule has 2 rings (SSSR count). The summed E-state index contributed by atoms with van der Waals surface area (Å²) in [5.41, 5.74) is 6.13. The summed E-state index contributed by atoms with van der Waals surface area (Å²) in [4.78, 5) is 14.2. The number of ether oxygens (including phenoxy) is 1. The van der Waals surface area contributed by atoms with Crippen molar-refractivity contribution in [2.24, 2.45) is 17.6 Å². The van der Waals surface area contributed by atoms with E-state index in [-0.39, 0.29) is 11.9 Å². The van der Waals surface area contributed by atoms with Crippen LogP contribution < -0.4 is 5.73 Å². The fourth-order valence-corrected chi connectivity index (χ4v) is 3.59. The zero-order valence-electron chi connectivity index (χ0n) is 12.9. The standard InChI is InChI=1S/C16H30N2O2/c1-18(11-14-8-5-9-20-12-14)16(19)15(17)10-13-6-3-2-4-7-13/h13-15H,2-12,17H2,1H3. The summed E-state index contributed by atoms with van der Waals surface area (Å²) in [5.74, 6) is 1.26. The Bertz CT molecular complexity index is 269. The lowest BCUT2D eigenvalue weighted by molar-refractivity contribution is -0.132. The summed E-state index contributed by atoms with van der Waals surface area (Å²) in [7, 11) is 1.89. The summed E-state index contributed by atoms with van der Waals surface area (Å²) < 4.78 is 5.48. The van der Waals surface area contributed by atoms with Gasteiger partial charge in [0, 0.05) is 20.2 Å². The Kier molecular flexibility index (Phi) is 6.30. The molecule has 0 spiro atoms. The van der Waals surface area contributed by atoms with Crippen LogP contribution >= 0.6 is 0 Å². The van der Waals surface area contributed by atoms with Crippen molar-refractivity contribution in [1.82, 2.24) is 4.90 Å². The fraction of sp³-hybridized carbons (Fsp3) is 0.938. The molecule has 2 aliphatic rings. The number of hydrogen-bond acceptors (Lipinski definition) is 3. The first-order valence-electron chi connectivity index (χ1n) is 8.25. The highest BCUT2D eigenvalue weighted by atomic mass is 16.5. The third-order valence-electron chi connectivity index (χ3n) is 4.79. The number of hydrogen-bond donors (Lipinski definition) is 1. The summed E-state index contributed by atoms with van der Waals surface area (Å²) >= 11 is 0. The molecule has 1 saturated carbocycles. The van der Waals surface area contributed by atoms with E-state index in [1.54, 1.807) is 0 Å². The highest BCUT2D eigenvalue weighted by molar-refractivity contribution is 5.81. The van der Waals surface area contributed by atoms with Crippen LogP contribution in [0.15, 0.2) is 0 Å². The Morgan fingerprint density at radius 2 is 1.90 bits per heavy atom. The lowest BCUT2D eigenvalue weighted by atomic mass is 9.84. The van der Waals surface area contributed by atoms with Crippen LogP contribution in [0, 0.1) is 11.8 Å². The van der Waals surface area contributed by atoms with E-state index in [0.29, 0.717) is 11.8 Å². The first-order valence-corrected chi connectivity index (χ1v) is 8.25. The van der Waals surface area contributed by atoms with Crippen LogP contribution in [0.2, 0.25) is 0 Å². The van der Waals surface area contributed by atoms with Crippen LogP contribution in [-0.4, -0.2) is 43.7 Å². The fourth-order valence-electron chi connectivity index (χ4n) is 3.59. The number of nitrogens with zero attached hydrogens (tertiary/aromatic N) is 1. The van der Waals surface area contributed by atoms with Gasteiger partial charge in [-0.05, 0) is 31.1 Å². The maximum atomic E-state index is 12.4. The second-order valence-corrected chi connectivity index (χ2v) is 6.65. The Morgan fingerprint density at radius 3 is 2.55 bits per heavy atom. The summed E-state index contributed by atoms with van der Waals surface area (Å²) in [6, 6.07) is -0.312. The van der Waals surface area contributed by atoms with Gasteiger partial charge in [-0.15, -0.1) is 0 Å². The van der Waals surface area contributed by atoms with Gasteiger partial charge in [-0.3, -0.25) is 4.79 Å². The third-order valence-corrected chi connectivity index (χ3v) is 4.79. The topological polar surface area (TPSA) is 55.6 Å². The van der Waals surface area contributed by atoms with E-state index in [1.807, 2.05) is 11.9 Å². The quantitative estimate of drug-likeness (QED) is 0.841. The van der Waals surface area contributed by atoms with Crippen molar-refractivity contribution in [2.75, 3.05) is 26.8 Å². The summed E-state index contributed by atoms with van der Waals surface area (Å²) in [5, 5.41) is 0. The minimum absolute atomic E-state index is 0.112. The average molecular weight is 282 g/mol. The predicted molar refractivity (Wildman–Crippen MR) is 80.3 cm³/mol. The molecule has 1 aliphatic heterocycles. The van der Waals surface area contributed by atoms with Crippen molar-refractivity contribution in [3.63, 3.8) is 0 Å². The first kappa shape index (κ1) is 15.8. The van der Waals surface area contributed by atoms with E-state index < -0.39 is 0 Å². The van der Waals surface area contributed by atoms with Crippen LogP contribution in [0.4, 0.5) is 0 Å². The molecule has 2 atom stereocenters. The minimum Gasteiger partial charge on any atom is -0.381 e. The number of rotatable bonds is 5. The van der Waals surface area contributed by atoms with Crippen molar-refractivity contribution in [2.45, 2.75) is 57.4 Å². The Hall–Kier alpha value is -0.610. The van der Waals surface area contributed by atoms with E-state index in [2.05, 4.69) is 0 Å². The van der Waals surface area contributed by atoms with Gasteiger partial charge in [0.25, 0.3) is 0 Å². The van der Waals surface area contributed by atoms with Gasteiger partial charge in [0.05, 0.1) is 12.6 Å². The number of amides is 1. The van der Waals surface area contributed by atoms with Gasteiger partial charge >= 0.3 is 0 Å². The molecule has 116 valence electrons.